The number of ether oxygens (including phenoxy) is 1. The monoisotopic (exact) mass is 484 g/mol. The molecule has 0 saturated carbocycles. The topological polar surface area (TPSA) is 103 Å². The number of carboxylic acid groups (broad SMARTS) is 1. The molecular formula is C30H32N2O4. The van der Waals surface area contributed by atoms with E-state index in [0.717, 1.165) is 17.5 Å². The summed E-state index contributed by atoms with van der Waals surface area (Å²) >= 11 is 0. The van der Waals surface area contributed by atoms with Gasteiger partial charge >= 0.3 is 5.97 Å². The SMILES string of the molecule is CC(C)(Cc1ccc2c(c1)CCC2)NCCC(O)Oc1cc(-c2ccc(C(=O)O)cc2)ccc1C#N. The molecule has 6 heteroatoms. The average Bonchev–Trinajstić information content (AvgIpc) is 3.31. The highest BCUT2D eigenvalue weighted by molar-refractivity contribution is 5.88. The fraction of sp³-hybridized carbons (Fsp3) is 0.333. The minimum atomic E-state index is -1.08. The van der Waals surface area contributed by atoms with E-state index in [1.165, 1.54) is 48.1 Å². The van der Waals surface area contributed by atoms with Crippen LogP contribution in [0.3, 0.4) is 0 Å². The number of aliphatic hydroxyl groups is 1. The Labute approximate surface area is 212 Å². The first-order valence-corrected chi connectivity index (χ1v) is 12.3. The second-order valence-electron chi connectivity index (χ2n) is 10.0. The first-order chi connectivity index (χ1) is 17.2. The number of carboxylic acids is 1. The van der Waals surface area contributed by atoms with Gasteiger partial charge in [0.15, 0.2) is 6.29 Å². The van der Waals surface area contributed by atoms with E-state index in [2.05, 4.69) is 43.4 Å². The number of hydrogen-bond donors (Lipinski definition) is 3. The van der Waals surface area contributed by atoms with Crippen molar-refractivity contribution < 1.29 is 19.7 Å². The summed E-state index contributed by atoms with van der Waals surface area (Å²) in [6, 6.07) is 20.5. The molecule has 3 N–H and O–H groups in total. The number of nitrogens with one attached hydrogen (secondary N) is 1. The van der Waals surface area contributed by atoms with E-state index in [-0.39, 0.29) is 11.1 Å². The lowest BCUT2D eigenvalue weighted by Crippen LogP contribution is -2.43. The molecule has 0 amide bonds. The van der Waals surface area contributed by atoms with Crippen molar-refractivity contribution in [3.8, 4) is 22.9 Å². The molecule has 0 radical (unpaired) electrons. The normalized spacial score (nSPS) is 13.6. The van der Waals surface area contributed by atoms with Crippen LogP contribution in [0.2, 0.25) is 0 Å². The molecule has 0 saturated heterocycles. The Kier molecular flexibility index (Phi) is 7.73. The Morgan fingerprint density at radius 3 is 2.50 bits per heavy atom. The number of nitrogens with zero attached hydrogens (tertiary/aromatic N) is 1. The van der Waals surface area contributed by atoms with E-state index < -0.39 is 12.3 Å². The first-order valence-electron chi connectivity index (χ1n) is 12.3. The summed E-state index contributed by atoms with van der Waals surface area (Å²) in [5.41, 5.74) is 6.20. The highest BCUT2D eigenvalue weighted by Gasteiger charge is 2.20. The molecule has 0 bridgehead atoms. The van der Waals surface area contributed by atoms with E-state index in [9.17, 15) is 15.2 Å². The van der Waals surface area contributed by atoms with Crippen molar-refractivity contribution in [2.24, 2.45) is 0 Å². The van der Waals surface area contributed by atoms with Crippen LogP contribution in [0.4, 0.5) is 0 Å². The number of aryl methyl sites for hydroxylation is 2. The van der Waals surface area contributed by atoms with Crippen LogP contribution in [-0.4, -0.2) is 34.6 Å². The fourth-order valence-corrected chi connectivity index (χ4v) is 4.74. The molecule has 3 aromatic carbocycles. The maximum Gasteiger partial charge on any atom is 0.335 e. The summed E-state index contributed by atoms with van der Waals surface area (Å²) in [6.45, 7) is 4.86. The number of aromatic carboxylic acids is 1. The van der Waals surface area contributed by atoms with Gasteiger partial charge in [0.1, 0.15) is 11.8 Å². The zero-order valence-electron chi connectivity index (χ0n) is 20.8. The first kappa shape index (κ1) is 25.4. The molecule has 1 aliphatic carbocycles. The lowest BCUT2D eigenvalue weighted by molar-refractivity contribution is -0.0234. The van der Waals surface area contributed by atoms with Gasteiger partial charge < -0.3 is 20.3 Å². The average molecular weight is 485 g/mol. The van der Waals surface area contributed by atoms with Gasteiger partial charge in [0.25, 0.3) is 0 Å². The van der Waals surface area contributed by atoms with Crippen LogP contribution in [0, 0.1) is 11.3 Å². The molecule has 1 aliphatic rings. The highest BCUT2D eigenvalue weighted by Crippen LogP contribution is 2.29. The molecule has 1 unspecified atom stereocenters. The van der Waals surface area contributed by atoms with Gasteiger partial charge in [0.05, 0.1) is 11.1 Å². The third-order valence-electron chi connectivity index (χ3n) is 6.63. The van der Waals surface area contributed by atoms with E-state index in [1.807, 2.05) is 0 Å². The molecule has 36 heavy (non-hydrogen) atoms. The van der Waals surface area contributed by atoms with Gasteiger partial charge in [-0.25, -0.2) is 4.79 Å². The Morgan fingerprint density at radius 2 is 1.78 bits per heavy atom. The third-order valence-corrected chi connectivity index (χ3v) is 6.63. The van der Waals surface area contributed by atoms with Crippen molar-refractivity contribution in [1.82, 2.24) is 5.32 Å². The number of carbonyl (C=O) groups is 1. The zero-order chi connectivity index (χ0) is 25.7. The lowest BCUT2D eigenvalue weighted by atomic mass is 9.93. The summed E-state index contributed by atoms with van der Waals surface area (Å²) in [5, 5.41) is 32.6. The van der Waals surface area contributed by atoms with Crippen LogP contribution in [0.1, 0.15) is 59.3 Å². The summed E-state index contributed by atoms with van der Waals surface area (Å²) in [7, 11) is 0. The molecule has 3 aromatic rings. The molecular weight excluding hydrogens is 452 g/mol. The summed E-state index contributed by atoms with van der Waals surface area (Å²) in [6.07, 6.45) is 3.76. The molecule has 0 fully saturated rings. The summed E-state index contributed by atoms with van der Waals surface area (Å²) in [4.78, 5) is 11.1. The Hall–Kier alpha value is -3.66. The molecule has 186 valence electrons. The zero-order valence-corrected chi connectivity index (χ0v) is 20.8. The molecule has 1 atom stereocenters. The van der Waals surface area contributed by atoms with E-state index in [1.54, 1.807) is 30.3 Å². The van der Waals surface area contributed by atoms with Crippen molar-refractivity contribution in [2.75, 3.05) is 6.54 Å². The Bertz CT molecular complexity index is 1280. The number of nitriles is 1. The van der Waals surface area contributed by atoms with E-state index in [4.69, 9.17) is 9.84 Å². The van der Waals surface area contributed by atoms with Crippen molar-refractivity contribution in [3.63, 3.8) is 0 Å². The molecule has 0 spiro atoms. The summed E-state index contributed by atoms with van der Waals surface area (Å²) in [5.74, 6) is -0.695. The predicted octanol–water partition coefficient (Wildman–Crippen LogP) is 5.11. The number of hydrogen-bond acceptors (Lipinski definition) is 5. The van der Waals surface area contributed by atoms with Gasteiger partial charge in [-0.15, -0.1) is 0 Å². The van der Waals surface area contributed by atoms with Gasteiger partial charge in [0, 0.05) is 18.5 Å². The van der Waals surface area contributed by atoms with Crippen LogP contribution in [0.15, 0.2) is 60.7 Å². The second-order valence-corrected chi connectivity index (χ2v) is 10.0. The maximum atomic E-state index is 11.1. The van der Waals surface area contributed by atoms with E-state index >= 15 is 0 Å². The van der Waals surface area contributed by atoms with Crippen molar-refractivity contribution >= 4 is 5.97 Å². The minimum Gasteiger partial charge on any atom is -0.478 e. The van der Waals surface area contributed by atoms with Crippen LogP contribution >= 0.6 is 0 Å². The van der Waals surface area contributed by atoms with Crippen LogP contribution in [-0.2, 0) is 19.3 Å². The quantitative estimate of drug-likeness (QED) is 0.346. The van der Waals surface area contributed by atoms with Gasteiger partial charge in [-0.1, -0.05) is 36.4 Å². The molecule has 0 heterocycles. The minimum absolute atomic E-state index is 0.146. The Balaban J connectivity index is 1.34. The maximum absolute atomic E-state index is 11.1. The molecule has 0 aliphatic heterocycles. The molecule has 4 rings (SSSR count). The largest absolute Gasteiger partial charge is 0.478 e. The van der Waals surface area contributed by atoms with Gasteiger partial charge in [-0.3, -0.25) is 0 Å². The van der Waals surface area contributed by atoms with Crippen LogP contribution in [0.25, 0.3) is 11.1 Å². The third kappa shape index (κ3) is 6.31. The van der Waals surface area contributed by atoms with Gasteiger partial charge in [0.2, 0.25) is 0 Å². The summed E-state index contributed by atoms with van der Waals surface area (Å²) < 4.78 is 5.74. The van der Waals surface area contributed by atoms with Crippen molar-refractivity contribution in [1.29, 1.82) is 5.26 Å². The van der Waals surface area contributed by atoms with Crippen LogP contribution in [0.5, 0.6) is 5.75 Å². The highest BCUT2D eigenvalue weighted by atomic mass is 16.6. The fourth-order valence-electron chi connectivity index (χ4n) is 4.74. The standard InChI is InChI=1S/C30H32N2O4/c1-30(2,18-20-6-7-21-4-3-5-24(21)16-20)32-15-14-28(33)36-27-17-25(12-13-26(27)19-31)22-8-10-23(11-9-22)29(34)35/h6-13,16-17,28,32-33H,3-5,14-15,18H2,1-2H3,(H,34,35). The number of aliphatic hydroxyl groups excluding tert-OH is 1. The van der Waals surface area contributed by atoms with Gasteiger partial charge in [-0.2, -0.15) is 5.26 Å². The van der Waals surface area contributed by atoms with Crippen molar-refractivity contribution in [2.45, 2.75) is 57.8 Å². The van der Waals surface area contributed by atoms with E-state index in [0.29, 0.717) is 24.3 Å². The van der Waals surface area contributed by atoms with Crippen LogP contribution < -0.4 is 10.1 Å². The predicted molar refractivity (Wildman–Crippen MR) is 139 cm³/mol. The second kappa shape index (κ2) is 10.9. The molecule has 6 nitrogen and oxygen atoms in total. The molecule has 0 aromatic heterocycles. The number of fused-ring (bicyclic) bond motifs is 1. The van der Waals surface area contributed by atoms with Gasteiger partial charge in [-0.05, 0) is 91.6 Å². The number of rotatable bonds is 10. The smallest absolute Gasteiger partial charge is 0.335 e. The number of benzene rings is 3. The Morgan fingerprint density at radius 1 is 1.06 bits per heavy atom. The lowest BCUT2D eigenvalue weighted by Gasteiger charge is -2.27. The van der Waals surface area contributed by atoms with Crippen molar-refractivity contribution in [3.05, 3.63) is 88.5 Å².